The van der Waals surface area contributed by atoms with Crippen molar-refractivity contribution >= 4 is 73.1 Å². The van der Waals surface area contributed by atoms with E-state index in [-0.39, 0.29) is 90.3 Å². The molecular formula is C2CaMgNaO6+. The van der Waals surface area contributed by atoms with Crippen molar-refractivity contribution < 1.29 is 59.6 Å². The van der Waals surface area contributed by atoms with Gasteiger partial charge in [0.15, 0.2) is 0 Å². The molecular weight excluding hydrogens is 207 g/mol. The predicted octanol–water partition coefficient (Wildman–Crippen LogP) is -8.65. The Morgan fingerprint density at radius 2 is 0.818 bits per heavy atom. The fourth-order valence-electron chi connectivity index (χ4n) is 0. The fraction of sp³-hybridized carbons (Fsp3) is 0. The molecule has 0 rings (SSSR count). The first-order chi connectivity index (χ1) is 3.46. The number of carbonyl (C=O) groups is 2. The summed E-state index contributed by atoms with van der Waals surface area (Å²) in [7, 11) is 0. The van der Waals surface area contributed by atoms with E-state index >= 15 is 0 Å². The van der Waals surface area contributed by atoms with Crippen LogP contribution < -0.4 is 50.0 Å². The normalized spacial score (nSPS) is 4.36. The maximum Gasteiger partial charge on any atom is 2.00 e. The van der Waals surface area contributed by atoms with Crippen molar-refractivity contribution in [2.75, 3.05) is 0 Å². The van der Waals surface area contributed by atoms with Gasteiger partial charge in [0, 0.05) is 0 Å². The molecule has 6 nitrogen and oxygen atoms in total. The third kappa shape index (κ3) is 432. The summed E-state index contributed by atoms with van der Waals surface area (Å²) in [4.78, 5) is 16.7. The standard InChI is InChI=1S/2CH2O3.Ca.Mg.Na/c2*2-1(3)4;;;/h2*(H2,2,3,4);;;/q;;2*+2;+1/p-4. The molecule has 0 aliphatic heterocycles. The quantitative estimate of drug-likeness (QED) is 0.363. The van der Waals surface area contributed by atoms with Crippen molar-refractivity contribution in [3.8, 4) is 0 Å². The number of hydrogen-bond donors (Lipinski definition) is 0. The van der Waals surface area contributed by atoms with Gasteiger partial charge in [0.1, 0.15) is 0 Å². The van der Waals surface area contributed by atoms with E-state index in [2.05, 4.69) is 0 Å². The molecule has 0 heterocycles. The predicted molar refractivity (Wildman–Crippen MR) is 22.3 cm³/mol. The second kappa shape index (κ2) is 22.6. The number of rotatable bonds is 0. The zero-order chi connectivity index (χ0) is 7.15. The van der Waals surface area contributed by atoms with Crippen LogP contribution in [0.1, 0.15) is 0 Å². The Balaban J connectivity index is -0.0000000171. The molecule has 0 fully saturated rings. The SMILES string of the molecule is O=C([O-])[O-].O=C([O-])[O-].[Ca+2].[Mg+2].[Na+]. The molecule has 0 aromatic carbocycles. The van der Waals surface area contributed by atoms with Gasteiger partial charge in [-0.2, -0.15) is 0 Å². The topological polar surface area (TPSA) is 126 Å². The van der Waals surface area contributed by atoms with Gasteiger partial charge in [-0.1, -0.05) is 0 Å². The van der Waals surface area contributed by atoms with Gasteiger partial charge in [-0.05, 0) is 12.3 Å². The van der Waals surface area contributed by atoms with Crippen LogP contribution in [0.25, 0.3) is 0 Å². The molecule has 0 aromatic rings. The van der Waals surface area contributed by atoms with E-state index in [1.807, 2.05) is 0 Å². The summed E-state index contributed by atoms with van der Waals surface area (Å²) >= 11 is 0. The summed E-state index contributed by atoms with van der Waals surface area (Å²) < 4.78 is 0. The van der Waals surface area contributed by atoms with Crippen molar-refractivity contribution in [3.05, 3.63) is 0 Å². The molecule has 0 aliphatic carbocycles. The van der Waals surface area contributed by atoms with E-state index in [9.17, 15) is 0 Å². The minimum absolute atomic E-state index is 0. The summed E-state index contributed by atoms with van der Waals surface area (Å²) in [5, 5.41) is 33.3. The monoisotopic (exact) mass is 207 g/mol. The fourth-order valence-corrected chi connectivity index (χ4v) is 0. The Morgan fingerprint density at radius 1 is 0.818 bits per heavy atom. The largest absolute Gasteiger partial charge is 2.00 e. The van der Waals surface area contributed by atoms with Crippen molar-refractivity contribution in [2.45, 2.75) is 0 Å². The van der Waals surface area contributed by atoms with E-state index < -0.39 is 12.3 Å². The zero-order valence-corrected chi connectivity index (χ0v) is 11.5. The first kappa shape index (κ1) is 29.4. The molecule has 0 unspecified atom stereocenters. The Morgan fingerprint density at radius 3 is 0.818 bits per heavy atom. The van der Waals surface area contributed by atoms with Crippen LogP contribution in [0.15, 0.2) is 0 Å². The Labute approximate surface area is 130 Å². The van der Waals surface area contributed by atoms with Crippen molar-refractivity contribution in [1.29, 1.82) is 0 Å². The maximum atomic E-state index is 8.33. The minimum Gasteiger partial charge on any atom is -0.652 e. The van der Waals surface area contributed by atoms with Gasteiger partial charge in [0.25, 0.3) is 0 Å². The van der Waals surface area contributed by atoms with Gasteiger partial charge in [0.05, 0.1) is 0 Å². The third-order valence-corrected chi connectivity index (χ3v) is 0. The maximum absolute atomic E-state index is 8.33. The van der Waals surface area contributed by atoms with Crippen LogP contribution in [0.5, 0.6) is 0 Å². The summed E-state index contributed by atoms with van der Waals surface area (Å²) in [6, 6.07) is 0. The molecule has 0 N–H and O–H groups in total. The first-order valence-corrected chi connectivity index (χ1v) is 1.22. The van der Waals surface area contributed by atoms with E-state index in [0.717, 1.165) is 0 Å². The Kier molecular flexibility index (Phi) is 60.2. The van der Waals surface area contributed by atoms with Crippen LogP contribution in [0.3, 0.4) is 0 Å². The van der Waals surface area contributed by atoms with Crippen LogP contribution >= 0.6 is 0 Å². The van der Waals surface area contributed by atoms with Crippen LogP contribution in [0.4, 0.5) is 9.59 Å². The second-order valence-corrected chi connectivity index (χ2v) is 0.500. The van der Waals surface area contributed by atoms with Gasteiger partial charge in [-0.3, -0.25) is 0 Å². The van der Waals surface area contributed by atoms with Crippen LogP contribution in [-0.2, 0) is 0 Å². The summed E-state index contributed by atoms with van der Waals surface area (Å²) in [5.74, 6) is 0. The van der Waals surface area contributed by atoms with Crippen LogP contribution in [-0.4, -0.2) is 73.1 Å². The zero-order valence-electron chi connectivity index (χ0n) is 5.86. The minimum atomic E-state index is -2.33. The first-order valence-electron chi connectivity index (χ1n) is 1.22. The molecule has 0 saturated heterocycles. The average Bonchev–Trinajstić information content (AvgIpc) is 1.25. The van der Waals surface area contributed by atoms with Gasteiger partial charge in [-0.15, -0.1) is 0 Å². The van der Waals surface area contributed by atoms with E-state index in [4.69, 9.17) is 30.0 Å². The van der Waals surface area contributed by atoms with E-state index in [1.54, 1.807) is 0 Å². The number of carboxylic acid groups (broad SMARTS) is 4. The average molecular weight is 207 g/mol. The molecule has 0 spiro atoms. The molecule has 0 bridgehead atoms. The molecule has 0 radical (unpaired) electrons. The van der Waals surface area contributed by atoms with Crippen molar-refractivity contribution in [2.24, 2.45) is 0 Å². The molecule has 48 valence electrons. The molecule has 0 aromatic heterocycles. The summed E-state index contributed by atoms with van der Waals surface area (Å²) in [6.45, 7) is 0. The van der Waals surface area contributed by atoms with Crippen LogP contribution in [0, 0.1) is 0 Å². The summed E-state index contributed by atoms with van der Waals surface area (Å²) in [5.41, 5.74) is 0. The molecule has 0 saturated carbocycles. The van der Waals surface area contributed by atoms with Crippen molar-refractivity contribution in [3.63, 3.8) is 0 Å². The molecule has 9 heteroatoms. The summed E-state index contributed by atoms with van der Waals surface area (Å²) in [6.07, 6.45) is -4.67. The number of hydrogen-bond acceptors (Lipinski definition) is 6. The van der Waals surface area contributed by atoms with Gasteiger partial charge in [0.2, 0.25) is 0 Å². The third-order valence-electron chi connectivity index (χ3n) is 0. The number of carbonyl (C=O) groups excluding carboxylic acids is 2. The Hall–Kier alpha value is 1.57. The van der Waals surface area contributed by atoms with Gasteiger partial charge >= 0.3 is 90.3 Å². The smallest absolute Gasteiger partial charge is 0.652 e. The molecule has 0 amide bonds. The molecule has 0 aliphatic rings. The van der Waals surface area contributed by atoms with Gasteiger partial charge < -0.3 is 30.0 Å². The van der Waals surface area contributed by atoms with Crippen molar-refractivity contribution in [1.82, 2.24) is 0 Å². The molecule has 0 atom stereocenters. The Bertz CT molecular complexity index is 78.6. The van der Waals surface area contributed by atoms with E-state index in [1.165, 1.54) is 0 Å². The second-order valence-electron chi connectivity index (χ2n) is 0.500. The molecule has 11 heavy (non-hydrogen) atoms. The van der Waals surface area contributed by atoms with Crippen LogP contribution in [0.2, 0.25) is 0 Å². The van der Waals surface area contributed by atoms with E-state index in [0.29, 0.717) is 0 Å². The van der Waals surface area contributed by atoms with Gasteiger partial charge in [-0.25, -0.2) is 0 Å².